The molecule has 4 rings (SSSR count). The van der Waals surface area contributed by atoms with Crippen LogP contribution in [0.5, 0.6) is 0 Å². The molecule has 0 atom stereocenters. The molecule has 4 aromatic rings. The van der Waals surface area contributed by atoms with E-state index in [-0.39, 0.29) is 28.7 Å². The van der Waals surface area contributed by atoms with Crippen LogP contribution >= 0.6 is 11.3 Å². The highest BCUT2D eigenvalue weighted by molar-refractivity contribution is 7.18. The van der Waals surface area contributed by atoms with E-state index in [0.29, 0.717) is 34.3 Å². The third-order valence-corrected chi connectivity index (χ3v) is 7.14. The second-order valence-corrected chi connectivity index (χ2v) is 9.21. The van der Waals surface area contributed by atoms with Gasteiger partial charge in [0.1, 0.15) is 9.88 Å². The predicted octanol–water partition coefficient (Wildman–Crippen LogP) is 5.40. The van der Waals surface area contributed by atoms with Gasteiger partial charge in [-0.15, -0.1) is 11.3 Å². The first-order valence-electron chi connectivity index (χ1n) is 12.0. The molecule has 0 saturated heterocycles. The number of aryl methyl sites for hydroxylation is 1. The van der Waals surface area contributed by atoms with E-state index in [2.05, 4.69) is 10.4 Å². The fourth-order valence-electron chi connectivity index (χ4n) is 4.13. The van der Waals surface area contributed by atoms with Gasteiger partial charge in [0.05, 0.1) is 41.7 Å². The first-order valence-corrected chi connectivity index (χ1v) is 12.8. The van der Waals surface area contributed by atoms with Gasteiger partial charge in [-0.2, -0.15) is 5.10 Å². The predicted molar refractivity (Wildman–Crippen MR) is 142 cm³/mol. The molecule has 0 aliphatic carbocycles. The number of nitrogens with one attached hydrogen (secondary N) is 1. The molecule has 0 aliphatic heterocycles. The summed E-state index contributed by atoms with van der Waals surface area (Å²) < 4.78 is 12.2. The molecule has 0 unspecified atom stereocenters. The Bertz CT molecular complexity index is 1500. The number of rotatable bonds is 8. The third-order valence-electron chi connectivity index (χ3n) is 5.95. The van der Waals surface area contributed by atoms with E-state index in [4.69, 9.17) is 14.5 Å². The minimum Gasteiger partial charge on any atom is -0.462 e. The van der Waals surface area contributed by atoms with Crippen molar-refractivity contribution in [2.45, 2.75) is 41.2 Å². The van der Waals surface area contributed by atoms with Crippen molar-refractivity contribution in [1.82, 2.24) is 14.8 Å². The van der Waals surface area contributed by atoms with Crippen molar-refractivity contribution < 1.29 is 23.9 Å². The monoisotopic (exact) mass is 520 g/mol. The molecule has 3 heterocycles. The van der Waals surface area contributed by atoms with E-state index in [1.165, 1.54) is 0 Å². The van der Waals surface area contributed by atoms with Crippen LogP contribution in [-0.4, -0.2) is 45.8 Å². The molecule has 1 amide bonds. The lowest BCUT2D eigenvalue weighted by Gasteiger charge is -2.11. The Kier molecular flexibility index (Phi) is 7.68. The fourth-order valence-corrected chi connectivity index (χ4v) is 5.21. The lowest BCUT2D eigenvalue weighted by atomic mass is 10.0. The summed E-state index contributed by atoms with van der Waals surface area (Å²) in [6.07, 6.45) is 1.74. The lowest BCUT2D eigenvalue weighted by Crippen LogP contribution is -2.15. The molecule has 0 saturated carbocycles. The quantitative estimate of drug-likeness (QED) is 0.309. The summed E-state index contributed by atoms with van der Waals surface area (Å²) in [4.78, 5) is 44.0. The minimum absolute atomic E-state index is 0.141. The normalized spacial score (nSPS) is 10.9. The summed E-state index contributed by atoms with van der Waals surface area (Å²) in [5.74, 6) is -1.62. The maximum atomic E-state index is 13.7. The van der Waals surface area contributed by atoms with Gasteiger partial charge < -0.3 is 14.8 Å². The van der Waals surface area contributed by atoms with Crippen LogP contribution in [0.4, 0.5) is 5.00 Å². The van der Waals surface area contributed by atoms with Gasteiger partial charge in [0.2, 0.25) is 0 Å². The maximum absolute atomic E-state index is 13.7. The van der Waals surface area contributed by atoms with Crippen molar-refractivity contribution in [1.29, 1.82) is 0 Å². The van der Waals surface area contributed by atoms with Gasteiger partial charge in [0.25, 0.3) is 5.91 Å². The Morgan fingerprint density at radius 1 is 1.03 bits per heavy atom. The number of aromatic nitrogens is 3. The van der Waals surface area contributed by atoms with E-state index < -0.39 is 17.8 Å². The van der Waals surface area contributed by atoms with Crippen LogP contribution in [0.25, 0.3) is 22.2 Å². The highest BCUT2D eigenvalue weighted by atomic mass is 32.1. The number of ether oxygens (including phenoxy) is 2. The number of nitrogens with zero attached hydrogens (tertiary/aromatic N) is 3. The number of esters is 2. The number of amides is 1. The van der Waals surface area contributed by atoms with Crippen molar-refractivity contribution in [2.75, 3.05) is 18.5 Å². The van der Waals surface area contributed by atoms with Crippen LogP contribution in [-0.2, 0) is 16.0 Å². The number of para-hydroxylation sites is 1. The average molecular weight is 521 g/mol. The molecule has 0 bridgehead atoms. The van der Waals surface area contributed by atoms with Crippen LogP contribution < -0.4 is 5.32 Å². The average Bonchev–Trinajstić information content (AvgIpc) is 3.42. The smallest absolute Gasteiger partial charge is 0.348 e. The number of hydrogen-bond acceptors (Lipinski definition) is 8. The summed E-state index contributed by atoms with van der Waals surface area (Å²) >= 11 is 0.990. The first kappa shape index (κ1) is 26.0. The molecule has 37 heavy (non-hydrogen) atoms. The van der Waals surface area contributed by atoms with Gasteiger partial charge in [-0.05, 0) is 52.3 Å². The summed E-state index contributed by atoms with van der Waals surface area (Å²) in [5, 5.41) is 8.13. The Labute approximate surface area is 218 Å². The number of pyridine rings is 1. The second kappa shape index (κ2) is 10.9. The fraction of sp³-hybridized carbons (Fsp3) is 0.296. The zero-order valence-electron chi connectivity index (χ0n) is 21.4. The lowest BCUT2D eigenvalue weighted by molar-refractivity contribution is 0.0527. The topological polar surface area (TPSA) is 112 Å². The Hall–Kier alpha value is -4.05. The SMILES string of the molecule is CCOC(=O)c1sc(NC(=O)c2cc(-c3cnn(CC)c3C)nc3ccccc23)c(C(=O)OCC)c1C. The van der Waals surface area contributed by atoms with Crippen LogP contribution in [0.3, 0.4) is 0 Å². The maximum Gasteiger partial charge on any atom is 0.348 e. The zero-order valence-corrected chi connectivity index (χ0v) is 22.2. The number of benzene rings is 1. The molecular formula is C27H28N4O5S. The Morgan fingerprint density at radius 2 is 1.73 bits per heavy atom. The van der Waals surface area contributed by atoms with Crippen LogP contribution in [0, 0.1) is 13.8 Å². The number of fused-ring (bicyclic) bond motifs is 1. The van der Waals surface area contributed by atoms with Gasteiger partial charge in [-0.25, -0.2) is 14.6 Å². The minimum atomic E-state index is -0.620. The Balaban J connectivity index is 1.81. The van der Waals surface area contributed by atoms with E-state index in [1.807, 2.05) is 42.8 Å². The number of carbonyl (C=O) groups is 3. The van der Waals surface area contributed by atoms with Gasteiger partial charge in [-0.3, -0.25) is 9.48 Å². The van der Waals surface area contributed by atoms with E-state index in [9.17, 15) is 14.4 Å². The van der Waals surface area contributed by atoms with Crippen LogP contribution in [0.1, 0.15) is 62.4 Å². The van der Waals surface area contributed by atoms with Crippen molar-refractivity contribution in [3.8, 4) is 11.3 Å². The molecule has 0 radical (unpaired) electrons. The molecule has 1 aromatic carbocycles. The number of thiophene rings is 1. The standard InChI is InChI=1S/C27H28N4O5S/c1-6-31-16(5)19(14-28-31)21-13-18(17-11-9-10-12-20(17)29-21)24(32)30-25-22(26(33)35-7-2)15(4)23(37-25)27(34)36-8-3/h9-14H,6-8H2,1-5H3,(H,30,32). The molecule has 1 N–H and O–H groups in total. The molecule has 0 fully saturated rings. The van der Waals surface area contributed by atoms with Crippen molar-refractivity contribution in [3.05, 3.63) is 63.8 Å². The zero-order chi connectivity index (χ0) is 26.7. The number of hydrogen-bond donors (Lipinski definition) is 1. The van der Waals surface area contributed by atoms with Crippen LogP contribution in [0.15, 0.2) is 36.5 Å². The highest BCUT2D eigenvalue weighted by Crippen LogP contribution is 2.35. The molecular weight excluding hydrogens is 492 g/mol. The second-order valence-electron chi connectivity index (χ2n) is 8.19. The van der Waals surface area contributed by atoms with Gasteiger partial charge in [0, 0.05) is 23.2 Å². The summed E-state index contributed by atoms with van der Waals surface area (Å²) in [6.45, 7) is 10.0. The van der Waals surface area contributed by atoms with E-state index >= 15 is 0 Å². The molecule has 10 heteroatoms. The first-order chi connectivity index (χ1) is 17.8. The molecule has 0 spiro atoms. The Morgan fingerprint density at radius 3 is 2.41 bits per heavy atom. The van der Waals surface area contributed by atoms with Gasteiger partial charge in [-0.1, -0.05) is 18.2 Å². The summed E-state index contributed by atoms with van der Waals surface area (Å²) in [5.41, 5.74) is 3.94. The summed E-state index contributed by atoms with van der Waals surface area (Å²) in [7, 11) is 0. The number of carbonyl (C=O) groups excluding carboxylic acids is 3. The molecule has 0 aliphatic rings. The van der Waals surface area contributed by atoms with Gasteiger partial charge >= 0.3 is 11.9 Å². The van der Waals surface area contributed by atoms with E-state index in [1.54, 1.807) is 33.0 Å². The largest absolute Gasteiger partial charge is 0.462 e. The van der Waals surface area contributed by atoms with Crippen LogP contribution in [0.2, 0.25) is 0 Å². The highest BCUT2D eigenvalue weighted by Gasteiger charge is 2.28. The van der Waals surface area contributed by atoms with Gasteiger partial charge in [0.15, 0.2) is 0 Å². The molecule has 3 aromatic heterocycles. The number of anilines is 1. The third kappa shape index (κ3) is 4.97. The molecule has 9 nitrogen and oxygen atoms in total. The van der Waals surface area contributed by atoms with Crippen molar-refractivity contribution in [2.24, 2.45) is 0 Å². The van der Waals surface area contributed by atoms with Crippen molar-refractivity contribution >= 4 is 45.1 Å². The van der Waals surface area contributed by atoms with Crippen molar-refractivity contribution in [3.63, 3.8) is 0 Å². The molecule has 192 valence electrons. The summed E-state index contributed by atoms with van der Waals surface area (Å²) in [6, 6.07) is 9.07. The van der Waals surface area contributed by atoms with E-state index in [0.717, 1.165) is 22.6 Å².